The monoisotopic (exact) mass is 513 g/mol. The summed E-state index contributed by atoms with van der Waals surface area (Å²) in [5, 5.41) is 9.78. The normalized spacial score (nSPS) is 18.8. The molecule has 2 aromatic carbocycles. The first-order chi connectivity index (χ1) is 16.2. The predicted octanol–water partition coefficient (Wildman–Crippen LogP) is 5.81. The zero-order valence-electron chi connectivity index (χ0n) is 19.0. The molecule has 0 saturated carbocycles. The molecule has 0 amide bonds. The highest BCUT2D eigenvalue weighted by Gasteiger charge is 2.45. The average Bonchev–Trinajstić information content (AvgIpc) is 2.79. The Balaban J connectivity index is 1.91. The molecular formula is C27H24BrN5O. The van der Waals surface area contributed by atoms with Gasteiger partial charge in [0, 0.05) is 39.3 Å². The summed E-state index contributed by atoms with van der Waals surface area (Å²) in [5.74, 6) is 0.303. The van der Waals surface area contributed by atoms with Crippen LogP contribution in [0.15, 0.2) is 70.3 Å². The van der Waals surface area contributed by atoms with E-state index in [1.807, 2.05) is 59.5 Å². The lowest BCUT2D eigenvalue weighted by atomic mass is 9.68. The summed E-state index contributed by atoms with van der Waals surface area (Å²) >= 11 is 3.50. The second-order valence-corrected chi connectivity index (χ2v) is 10.5. The Morgan fingerprint density at radius 2 is 1.76 bits per heavy atom. The van der Waals surface area contributed by atoms with Crippen LogP contribution in [-0.2, 0) is 4.79 Å². The molecule has 0 fully saturated rings. The number of allylic oxidation sites excluding steroid dienone is 2. The number of nitriles is 1. The molecule has 5 rings (SSSR count). The van der Waals surface area contributed by atoms with Crippen LogP contribution in [0.1, 0.15) is 49.3 Å². The lowest BCUT2D eigenvalue weighted by molar-refractivity contribution is -0.118. The van der Waals surface area contributed by atoms with Crippen LogP contribution in [-0.4, -0.2) is 10.8 Å². The number of nitrogens with zero attached hydrogens (tertiary/aromatic N) is 3. The third kappa shape index (κ3) is 3.46. The van der Waals surface area contributed by atoms with Gasteiger partial charge in [-0.2, -0.15) is 5.26 Å². The van der Waals surface area contributed by atoms with Crippen molar-refractivity contribution in [2.45, 2.75) is 32.6 Å². The van der Waals surface area contributed by atoms with Crippen LogP contribution in [0.25, 0.3) is 0 Å². The number of rotatable bonds is 2. The molecule has 0 bridgehead atoms. The number of benzene rings is 2. The minimum atomic E-state index is -0.429. The first-order valence-electron chi connectivity index (χ1n) is 11.1. The zero-order chi connectivity index (χ0) is 24.2. The average molecular weight is 514 g/mol. The van der Waals surface area contributed by atoms with Crippen molar-refractivity contribution >= 4 is 44.7 Å². The van der Waals surface area contributed by atoms with Gasteiger partial charge >= 0.3 is 0 Å². The number of aromatic nitrogens is 1. The second-order valence-electron chi connectivity index (χ2n) is 9.59. The van der Waals surface area contributed by atoms with E-state index in [1.165, 1.54) is 0 Å². The number of Topliss-reactive ketones (excluding diaryl/α,β-unsaturated/α-hetero) is 1. The number of nitrogen functional groups attached to an aromatic ring is 2. The van der Waals surface area contributed by atoms with Gasteiger partial charge in [-0.15, -0.1) is 0 Å². The number of ketones is 1. The molecule has 1 aliphatic heterocycles. The second kappa shape index (κ2) is 8.00. The summed E-state index contributed by atoms with van der Waals surface area (Å²) in [6.45, 7) is 4.22. The molecule has 170 valence electrons. The van der Waals surface area contributed by atoms with E-state index >= 15 is 0 Å². The zero-order valence-corrected chi connectivity index (χ0v) is 20.6. The number of fused-ring (bicyclic) bond motifs is 1. The van der Waals surface area contributed by atoms with Gasteiger partial charge in [-0.25, -0.2) is 4.98 Å². The SMILES string of the molecule is CC1(C)CC(=O)C2=C(C1)N(c1ccc(Br)cc1)c1nc(N)c(C#N)c(N)c1C2c1ccccc1. The molecule has 0 saturated heterocycles. The van der Waals surface area contributed by atoms with Gasteiger partial charge in [0.25, 0.3) is 0 Å². The Labute approximate surface area is 207 Å². The van der Waals surface area contributed by atoms with E-state index in [4.69, 9.17) is 16.5 Å². The fourth-order valence-electron chi connectivity index (χ4n) is 5.14. The van der Waals surface area contributed by atoms with Gasteiger partial charge in [-0.05, 0) is 41.7 Å². The van der Waals surface area contributed by atoms with Crippen LogP contribution in [0.4, 0.5) is 23.0 Å². The molecule has 6 nitrogen and oxygen atoms in total. The number of anilines is 4. The van der Waals surface area contributed by atoms with Gasteiger partial charge in [-0.3, -0.25) is 9.69 Å². The lowest BCUT2D eigenvalue weighted by Crippen LogP contribution is -2.38. The molecule has 0 spiro atoms. The highest BCUT2D eigenvalue weighted by molar-refractivity contribution is 9.10. The molecule has 7 heteroatoms. The fourth-order valence-corrected chi connectivity index (χ4v) is 5.41. The van der Waals surface area contributed by atoms with E-state index in [9.17, 15) is 10.1 Å². The molecule has 34 heavy (non-hydrogen) atoms. The number of hydrogen-bond donors (Lipinski definition) is 2. The van der Waals surface area contributed by atoms with Crippen LogP contribution in [0, 0.1) is 16.7 Å². The summed E-state index contributed by atoms with van der Waals surface area (Å²) in [6.07, 6.45) is 1.13. The van der Waals surface area contributed by atoms with Crippen molar-refractivity contribution in [2.24, 2.45) is 5.41 Å². The standard InChI is InChI=1S/C27H24BrN5O/c1-27(2)12-19-22(20(34)13-27)21(15-6-4-3-5-7-15)23-24(30)18(14-29)25(31)32-26(23)33(19)17-10-8-16(28)9-11-17/h3-11,21H,12-13H2,1-2H3,(H4,30,31,32). The van der Waals surface area contributed by atoms with E-state index in [1.54, 1.807) is 0 Å². The Hall–Kier alpha value is -3.63. The smallest absolute Gasteiger partial charge is 0.162 e. The van der Waals surface area contributed by atoms with Crippen LogP contribution in [0.3, 0.4) is 0 Å². The van der Waals surface area contributed by atoms with E-state index < -0.39 is 5.92 Å². The Bertz CT molecular complexity index is 1390. The summed E-state index contributed by atoms with van der Waals surface area (Å²) < 4.78 is 0.941. The van der Waals surface area contributed by atoms with Crippen molar-refractivity contribution in [2.75, 3.05) is 16.4 Å². The number of pyridine rings is 1. The van der Waals surface area contributed by atoms with Crippen molar-refractivity contribution in [3.8, 4) is 6.07 Å². The Kier molecular flexibility index (Phi) is 5.22. The molecular weight excluding hydrogens is 490 g/mol. The topological polar surface area (TPSA) is 109 Å². The maximum absolute atomic E-state index is 13.8. The van der Waals surface area contributed by atoms with E-state index in [0.717, 1.165) is 21.4 Å². The van der Waals surface area contributed by atoms with E-state index in [-0.39, 0.29) is 28.3 Å². The summed E-state index contributed by atoms with van der Waals surface area (Å²) in [4.78, 5) is 20.5. The number of carbonyl (C=O) groups is 1. The van der Waals surface area contributed by atoms with Gasteiger partial charge in [0.2, 0.25) is 0 Å². The predicted molar refractivity (Wildman–Crippen MR) is 137 cm³/mol. The van der Waals surface area contributed by atoms with Crippen LogP contribution >= 0.6 is 15.9 Å². The van der Waals surface area contributed by atoms with E-state index in [0.29, 0.717) is 29.8 Å². The molecule has 2 heterocycles. The highest BCUT2D eigenvalue weighted by atomic mass is 79.9. The fraction of sp³-hybridized carbons (Fsp3) is 0.222. The minimum absolute atomic E-state index is 0.0816. The van der Waals surface area contributed by atoms with Crippen molar-refractivity contribution in [3.63, 3.8) is 0 Å². The van der Waals surface area contributed by atoms with Gasteiger partial charge < -0.3 is 11.5 Å². The van der Waals surface area contributed by atoms with Crippen LogP contribution < -0.4 is 16.4 Å². The molecule has 0 radical (unpaired) electrons. The van der Waals surface area contributed by atoms with Crippen molar-refractivity contribution in [1.29, 1.82) is 5.26 Å². The molecule has 1 aromatic heterocycles. The first kappa shape index (κ1) is 22.2. The third-order valence-corrected chi connectivity index (χ3v) is 7.10. The van der Waals surface area contributed by atoms with Gasteiger partial charge in [0.1, 0.15) is 23.3 Å². The number of hydrogen-bond acceptors (Lipinski definition) is 6. The number of carbonyl (C=O) groups excluding carboxylic acids is 1. The lowest BCUT2D eigenvalue weighted by Gasteiger charge is -2.44. The maximum Gasteiger partial charge on any atom is 0.162 e. The Morgan fingerprint density at radius 1 is 1.09 bits per heavy atom. The molecule has 2 aliphatic rings. The van der Waals surface area contributed by atoms with Crippen molar-refractivity contribution < 1.29 is 4.79 Å². The van der Waals surface area contributed by atoms with Gasteiger partial charge in [0.15, 0.2) is 5.78 Å². The molecule has 1 unspecified atom stereocenters. The molecule has 1 atom stereocenters. The maximum atomic E-state index is 13.8. The molecule has 4 N–H and O–H groups in total. The molecule has 1 aliphatic carbocycles. The van der Waals surface area contributed by atoms with Gasteiger partial charge in [-0.1, -0.05) is 60.1 Å². The van der Waals surface area contributed by atoms with Crippen LogP contribution in [0.5, 0.6) is 0 Å². The van der Waals surface area contributed by atoms with E-state index in [2.05, 4.69) is 35.8 Å². The van der Waals surface area contributed by atoms with Crippen LogP contribution in [0.2, 0.25) is 0 Å². The van der Waals surface area contributed by atoms with Gasteiger partial charge in [0.05, 0.1) is 5.69 Å². The third-order valence-electron chi connectivity index (χ3n) is 6.57. The Morgan fingerprint density at radius 3 is 2.41 bits per heavy atom. The van der Waals surface area contributed by atoms with Crippen molar-refractivity contribution in [1.82, 2.24) is 4.98 Å². The first-order valence-corrected chi connectivity index (χ1v) is 11.9. The quantitative estimate of drug-likeness (QED) is 0.447. The highest BCUT2D eigenvalue weighted by Crippen LogP contribution is 2.55. The summed E-state index contributed by atoms with van der Waals surface area (Å²) in [7, 11) is 0. The summed E-state index contributed by atoms with van der Waals surface area (Å²) in [5.41, 5.74) is 17.1. The summed E-state index contributed by atoms with van der Waals surface area (Å²) in [6, 6.07) is 19.8. The number of nitrogens with two attached hydrogens (primary N) is 2. The molecule has 3 aromatic rings. The number of halogens is 1. The largest absolute Gasteiger partial charge is 0.397 e. The minimum Gasteiger partial charge on any atom is -0.397 e. The van der Waals surface area contributed by atoms with Crippen molar-refractivity contribution in [3.05, 3.63) is 87.0 Å².